The minimum absolute atomic E-state index is 0.134. The van der Waals surface area contributed by atoms with E-state index in [4.69, 9.17) is 0 Å². The van der Waals surface area contributed by atoms with Crippen LogP contribution in [0.1, 0.15) is 10.6 Å². The first-order valence-electron chi connectivity index (χ1n) is 9.23. The van der Waals surface area contributed by atoms with Crippen LogP contribution in [-0.4, -0.2) is 61.3 Å². The molecule has 150 valence electrons. The van der Waals surface area contributed by atoms with Crippen molar-refractivity contribution in [3.8, 4) is 10.6 Å². The molecule has 0 saturated carbocycles. The van der Waals surface area contributed by atoms with Crippen molar-refractivity contribution >= 4 is 28.9 Å². The molecule has 8 nitrogen and oxygen atoms in total. The number of likely N-dealkylation sites (tertiary alicyclic amines) is 1. The number of nitrogens with one attached hydrogen (secondary N) is 1. The fourth-order valence-corrected chi connectivity index (χ4v) is 3.98. The predicted octanol–water partition coefficient (Wildman–Crippen LogP) is 1.76. The van der Waals surface area contributed by atoms with Crippen LogP contribution in [0.2, 0.25) is 0 Å². The number of aliphatic hydroxyl groups is 2. The summed E-state index contributed by atoms with van der Waals surface area (Å²) in [6.07, 6.45) is 1.82. The number of aryl methyl sites for hydroxylation is 1. The molecule has 1 aliphatic heterocycles. The van der Waals surface area contributed by atoms with Crippen LogP contribution in [0.25, 0.3) is 10.6 Å². The van der Waals surface area contributed by atoms with Gasteiger partial charge in [0.05, 0.1) is 29.2 Å². The van der Waals surface area contributed by atoms with Crippen LogP contribution in [-0.2, 0) is 11.2 Å². The van der Waals surface area contributed by atoms with Crippen molar-refractivity contribution in [2.24, 2.45) is 0 Å². The van der Waals surface area contributed by atoms with Crippen molar-refractivity contribution in [1.82, 2.24) is 19.9 Å². The Labute approximate surface area is 171 Å². The minimum Gasteiger partial charge on any atom is -0.388 e. The third kappa shape index (κ3) is 4.58. The van der Waals surface area contributed by atoms with Crippen LogP contribution in [0.3, 0.4) is 0 Å². The average Bonchev–Trinajstić information content (AvgIpc) is 3.29. The Morgan fingerprint density at radius 1 is 1.21 bits per heavy atom. The lowest BCUT2D eigenvalue weighted by Crippen LogP contribution is -2.31. The van der Waals surface area contributed by atoms with Crippen molar-refractivity contribution in [3.05, 3.63) is 53.3 Å². The quantitative estimate of drug-likeness (QED) is 0.586. The number of nitrogens with zero attached hydrogens (tertiary/aromatic N) is 4. The first-order chi connectivity index (χ1) is 14.0. The van der Waals surface area contributed by atoms with Crippen LogP contribution in [0, 0.1) is 6.92 Å². The molecule has 29 heavy (non-hydrogen) atoms. The molecule has 0 spiro atoms. The van der Waals surface area contributed by atoms with Crippen molar-refractivity contribution < 1.29 is 15.0 Å². The lowest BCUT2D eigenvalue weighted by atomic mass is 10.3. The molecule has 0 aliphatic carbocycles. The van der Waals surface area contributed by atoms with Crippen LogP contribution >= 0.6 is 11.3 Å². The van der Waals surface area contributed by atoms with Gasteiger partial charge < -0.3 is 20.4 Å². The Hall–Kier alpha value is -2.88. The number of anilines is 2. The number of thiazole rings is 1. The molecule has 9 heteroatoms. The van der Waals surface area contributed by atoms with Crippen LogP contribution in [0.5, 0.6) is 0 Å². The fraction of sp³-hybridized carbons (Fsp3) is 0.300. The normalized spacial score (nSPS) is 18.8. The van der Waals surface area contributed by atoms with E-state index in [1.54, 1.807) is 12.4 Å². The summed E-state index contributed by atoms with van der Waals surface area (Å²) in [6.45, 7) is 2.31. The number of carbonyl (C=O) groups excluding carboxylic acids is 1. The molecule has 0 bridgehead atoms. The van der Waals surface area contributed by atoms with Crippen LogP contribution in [0.4, 0.5) is 11.6 Å². The summed E-state index contributed by atoms with van der Waals surface area (Å²) in [5, 5.41) is 23.1. The minimum atomic E-state index is -0.881. The molecule has 3 N–H and O–H groups in total. The zero-order chi connectivity index (χ0) is 20.4. The second kappa shape index (κ2) is 8.24. The maximum absolute atomic E-state index is 12.4. The maximum atomic E-state index is 12.4. The highest BCUT2D eigenvalue weighted by Gasteiger charge is 2.32. The number of hydrogen-bond donors (Lipinski definition) is 3. The summed E-state index contributed by atoms with van der Waals surface area (Å²) in [4.78, 5) is 27.9. The molecule has 1 aliphatic rings. The van der Waals surface area contributed by atoms with E-state index in [1.807, 2.05) is 37.3 Å². The van der Waals surface area contributed by atoms with Gasteiger partial charge in [0.2, 0.25) is 5.91 Å². The van der Waals surface area contributed by atoms with Gasteiger partial charge in [-0.05, 0) is 36.8 Å². The molecular formula is C20H21N5O3S. The largest absolute Gasteiger partial charge is 0.388 e. The van der Waals surface area contributed by atoms with E-state index in [0.29, 0.717) is 10.8 Å². The maximum Gasteiger partial charge on any atom is 0.229 e. The highest BCUT2D eigenvalue weighted by atomic mass is 32.1. The van der Waals surface area contributed by atoms with Gasteiger partial charge in [0.1, 0.15) is 16.6 Å². The molecular weight excluding hydrogens is 390 g/mol. The van der Waals surface area contributed by atoms with E-state index in [9.17, 15) is 15.0 Å². The summed E-state index contributed by atoms with van der Waals surface area (Å²) in [7, 11) is 0. The number of aromatic nitrogens is 3. The lowest BCUT2D eigenvalue weighted by Gasteiger charge is -2.14. The number of rotatable bonds is 5. The monoisotopic (exact) mass is 411 g/mol. The topological polar surface area (TPSA) is 111 Å². The summed E-state index contributed by atoms with van der Waals surface area (Å²) in [5.41, 5.74) is 1.86. The Bertz CT molecular complexity index is 1010. The van der Waals surface area contributed by atoms with E-state index in [1.165, 1.54) is 16.2 Å². The molecule has 4 rings (SSSR count). The van der Waals surface area contributed by atoms with Gasteiger partial charge >= 0.3 is 0 Å². The molecule has 3 aromatic rings. The second-order valence-corrected chi connectivity index (χ2v) is 8.10. The van der Waals surface area contributed by atoms with E-state index in [0.717, 1.165) is 22.0 Å². The van der Waals surface area contributed by atoms with Crippen molar-refractivity contribution in [2.45, 2.75) is 25.6 Å². The lowest BCUT2D eigenvalue weighted by molar-refractivity contribution is -0.129. The van der Waals surface area contributed by atoms with Crippen molar-refractivity contribution in [3.63, 3.8) is 0 Å². The Balaban J connectivity index is 1.45. The molecule has 0 radical (unpaired) electrons. The van der Waals surface area contributed by atoms with E-state index >= 15 is 0 Å². The van der Waals surface area contributed by atoms with Crippen LogP contribution < -0.4 is 5.32 Å². The zero-order valence-electron chi connectivity index (χ0n) is 15.8. The van der Waals surface area contributed by atoms with Crippen molar-refractivity contribution in [1.29, 1.82) is 0 Å². The SMILES string of the molecule is Cc1ccnc(Nc2cccc(-c3cnc(CC(=O)N4C[C@@H](O)[C@@H](O)C4)s3)n2)c1. The molecule has 1 fully saturated rings. The van der Waals surface area contributed by atoms with Gasteiger partial charge in [0.25, 0.3) is 0 Å². The zero-order valence-corrected chi connectivity index (χ0v) is 16.6. The summed E-state index contributed by atoms with van der Waals surface area (Å²) < 4.78 is 0. The molecule has 1 saturated heterocycles. The Morgan fingerprint density at radius 2 is 2.00 bits per heavy atom. The number of carbonyl (C=O) groups is 1. The highest BCUT2D eigenvalue weighted by Crippen LogP contribution is 2.27. The summed E-state index contributed by atoms with van der Waals surface area (Å²) in [6, 6.07) is 9.53. The molecule has 2 atom stereocenters. The van der Waals surface area contributed by atoms with E-state index in [2.05, 4.69) is 20.3 Å². The number of β-amino-alcohol motifs (C(OH)–C–C–N with tert-alkyl or cyclic N) is 2. The third-order valence-electron chi connectivity index (χ3n) is 4.64. The number of aliphatic hydroxyl groups excluding tert-OH is 2. The first-order valence-corrected chi connectivity index (χ1v) is 10.1. The van der Waals surface area contributed by atoms with Crippen molar-refractivity contribution in [2.75, 3.05) is 18.4 Å². The van der Waals surface area contributed by atoms with Gasteiger partial charge in [-0.25, -0.2) is 15.0 Å². The number of pyridine rings is 2. The summed E-state index contributed by atoms with van der Waals surface area (Å²) in [5.74, 6) is 1.24. The second-order valence-electron chi connectivity index (χ2n) is 6.98. The van der Waals surface area contributed by atoms with E-state index in [-0.39, 0.29) is 25.4 Å². The summed E-state index contributed by atoms with van der Waals surface area (Å²) >= 11 is 1.40. The van der Waals surface area contributed by atoms with Gasteiger partial charge in [-0.15, -0.1) is 11.3 Å². The van der Waals surface area contributed by atoms with Gasteiger partial charge in [0, 0.05) is 25.5 Å². The Kier molecular flexibility index (Phi) is 5.52. The van der Waals surface area contributed by atoms with Crippen LogP contribution in [0.15, 0.2) is 42.7 Å². The molecule has 4 heterocycles. The predicted molar refractivity (Wildman–Crippen MR) is 110 cm³/mol. The highest BCUT2D eigenvalue weighted by molar-refractivity contribution is 7.15. The van der Waals surface area contributed by atoms with Gasteiger partial charge in [-0.1, -0.05) is 6.07 Å². The Morgan fingerprint density at radius 3 is 2.76 bits per heavy atom. The third-order valence-corrected chi connectivity index (χ3v) is 5.66. The fourth-order valence-electron chi connectivity index (χ4n) is 3.10. The van der Waals surface area contributed by atoms with E-state index < -0.39 is 12.2 Å². The molecule has 1 amide bonds. The van der Waals surface area contributed by atoms with Gasteiger partial charge in [0.15, 0.2) is 0 Å². The first kappa shape index (κ1) is 19.4. The number of hydrogen-bond acceptors (Lipinski definition) is 8. The standard InChI is InChI=1S/C20H21N5O3S/c1-12-5-6-21-18(7-12)24-17-4-2-3-13(23-17)16-9-22-19(29-16)8-20(28)25-10-14(26)15(27)11-25/h2-7,9,14-15,26-27H,8,10-11H2,1H3,(H,21,23,24)/t14-,15+. The molecule has 0 unspecified atom stereocenters. The van der Waals surface area contributed by atoms with Gasteiger partial charge in [-0.3, -0.25) is 4.79 Å². The molecule has 0 aromatic carbocycles. The van der Waals surface area contributed by atoms with Gasteiger partial charge in [-0.2, -0.15) is 0 Å². The average molecular weight is 411 g/mol. The number of amides is 1. The molecule has 3 aromatic heterocycles. The smallest absolute Gasteiger partial charge is 0.229 e.